The summed E-state index contributed by atoms with van der Waals surface area (Å²) in [6, 6.07) is 16.6. The van der Waals surface area contributed by atoms with E-state index in [2.05, 4.69) is 29.6 Å². The van der Waals surface area contributed by atoms with Crippen LogP contribution < -0.4 is 15.8 Å². The molecular weight excluding hydrogens is 260 g/mol. The largest absolute Gasteiger partial charge is 0.495 e. The highest BCUT2D eigenvalue weighted by atomic mass is 16.5. The monoisotopic (exact) mass is 282 g/mol. The normalized spacial score (nSPS) is 20.7. The van der Waals surface area contributed by atoms with E-state index in [-0.39, 0.29) is 5.54 Å². The fourth-order valence-electron chi connectivity index (χ4n) is 3.32. The lowest BCUT2D eigenvalue weighted by atomic mass is 9.76. The number of anilines is 1. The number of hydrogen-bond donors (Lipinski definition) is 2. The third-order valence-electron chi connectivity index (χ3n) is 4.41. The summed E-state index contributed by atoms with van der Waals surface area (Å²) in [5.74, 6) is 0.855. The number of nitrogens with two attached hydrogens (primary N) is 1. The van der Waals surface area contributed by atoms with Crippen LogP contribution in [0.4, 0.5) is 5.69 Å². The lowest BCUT2D eigenvalue weighted by molar-refractivity contribution is 0.399. The highest BCUT2D eigenvalue weighted by Gasteiger charge is 2.35. The van der Waals surface area contributed by atoms with Crippen molar-refractivity contribution >= 4 is 5.69 Å². The Morgan fingerprint density at radius 1 is 1.14 bits per heavy atom. The van der Waals surface area contributed by atoms with Crippen molar-refractivity contribution in [2.45, 2.75) is 24.8 Å². The number of hydrogen-bond acceptors (Lipinski definition) is 3. The van der Waals surface area contributed by atoms with Gasteiger partial charge in [-0.05, 0) is 42.5 Å². The van der Waals surface area contributed by atoms with Crippen LogP contribution in [-0.4, -0.2) is 13.7 Å². The van der Waals surface area contributed by atoms with E-state index >= 15 is 0 Å². The first-order valence-corrected chi connectivity index (χ1v) is 7.49. The molecule has 21 heavy (non-hydrogen) atoms. The summed E-state index contributed by atoms with van der Waals surface area (Å²) >= 11 is 0. The van der Waals surface area contributed by atoms with Gasteiger partial charge < -0.3 is 15.8 Å². The van der Waals surface area contributed by atoms with Gasteiger partial charge in [0, 0.05) is 6.54 Å². The van der Waals surface area contributed by atoms with Gasteiger partial charge in [-0.25, -0.2) is 0 Å². The van der Waals surface area contributed by atoms with Crippen LogP contribution in [-0.2, 0) is 12.0 Å². The van der Waals surface area contributed by atoms with Crippen LogP contribution in [0.15, 0.2) is 48.5 Å². The molecule has 0 spiro atoms. The second-order valence-corrected chi connectivity index (χ2v) is 5.62. The van der Waals surface area contributed by atoms with Gasteiger partial charge in [-0.3, -0.25) is 0 Å². The summed E-state index contributed by atoms with van der Waals surface area (Å²) in [7, 11) is 1.70. The summed E-state index contributed by atoms with van der Waals surface area (Å²) in [5.41, 5.74) is 9.71. The number of nitrogens with one attached hydrogen (secondary N) is 1. The Balaban J connectivity index is 2.02. The third-order valence-corrected chi connectivity index (χ3v) is 4.41. The fourth-order valence-corrected chi connectivity index (χ4v) is 3.32. The topological polar surface area (TPSA) is 47.3 Å². The Morgan fingerprint density at radius 3 is 2.71 bits per heavy atom. The Hall–Kier alpha value is -2.00. The average Bonchev–Trinajstić information content (AvgIpc) is 2.55. The second kappa shape index (κ2) is 5.78. The van der Waals surface area contributed by atoms with Crippen molar-refractivity contribution in [3.8, 4) is 5.75 Å². The molecule has 2 aromatic rings. The minimum Gasteiger partial charge on any atom is -0.495 e. The van der Waals surface area contributed by atoms with Crippen molar-refractivity contribution in [3.05, 3.63) is 59.7 Å². The minimum atomic E-state index is -0.205. The maximum Gasteiger partial charge on any atom is 0.141 e. The van der Waals surface area contributed by atoms with Gasteiger partial charge in [-0.2, -0.15) is 0 Å². The molecule has 1 unspecified atom stereocenters. The Morgan fingerprint density at radius 2 is 1.90 bits per heavy atom. The summed E-state index contributed by atoms with van der Waals surface area (Å²) in [6.45, 7) is 0.571. The van der Waals surface area contributed by atoms with Crippen molar-refractivity contribution in [2.75, 3.05) is 19.0 Å². The van der Waals surface area contributed by atoms with Crippen LogP contribution in [0.5, 0.6) is 5.75 Å². The first-order chi connectivity index (χ1) is 10.3. The van der Waals surface area contributed by atoms with E-state index in [1.54, 1.807) is 7.11 Å². The van der Waals surface area contributed by atoms with Gasteiger partial charge in [0.2, 0.25) is 0 Å². The van der Waals surface area contributed by atoms with Crippen molar-refractivity contribution in [2.24, 2.45) is 5.73 Å². The number of rotatable bonds is 4. The first kappa shape index (κ1) is 14.0. The SMILES string of the molecule is COc1ccccc1NC1(CN)CCCc2ccccc21. The number of benzene rings is 2. The molecular formula is C18H22N2O. The minimum absolute atomic E-state index is 0.205. The summed E-state index contributed by atoms with van der Waals surface area (Å²) in [4.78, 5) is 0. The van der Waals surface area contributed by atoms with E-state index in [9.17, 15) is 0 Å². The molecule has 3 rings (SSSR count). The maximum absolute atomic E-state index is 6.19. The molecule has 1 atom stereocenters. The molecule has 0 aliphatic heterocycles. The second-order valence-electron chi connectivity index (χ2n) is 5.62. The predicted octanol–water partition coefficient (Wildman–Crippen LogP) is 3.30. The number of aryl methyl sites for hydroxylation is 1. The molecule has 3 nitrogen and oxygen atoms in total. The number of ether oxygens (including phenoxy) is 1. The van der Waals surface area contributed by atoms with Crippen molar-refractivity contribution < 1.29 is 4.74 Å². The Labute approximate surface area is 126 Å². The number of methoxy groups -OCH3 is 1. The molecule has 0 saturated carbocycles. The lowest BCUT2D eigenvalue weighted by Gasteiger charge is -2.40. The van der Waals surface area contributed by atoms with Crippen LogP contribution in [0.3, 0.4) is 0 Å². The average molecular weight is 282 g/mol. The zero-order chi connectivity index (χ0) is 14.7. The van der Waals surface area contributed by atoms with Crippen molar-refractivity contribution in [1.82, 2.24) is 0 Å². The summed E-state index contributed by atoms with van der Waals surface area (Å²) < 4.78 is 5.46. The van der Waals surface area contributed by atoms with Gasteiger partial charge in [-0.1, -0.05) is 36.4 Å². The van der Waals surface area contributed by atoms with Gasteiger partial charge in [0.15, 0.2) is 0 Å². The van der Waals surface area contributed by atoms with Gasteiger partial charge in [0.05, 0.1) is 18.3 Å². The van der Waals surface area contributed by atoms with Crippen LogP contribution >= 0.6 is 0 Å². The van der Waals surface area contributed by atoms with Crippen LogP contribution in [0, 0.1) is 0 Å². The van der Waals surface area contributed by atoms with Crippen molar-refractivity contribution in [1.29, 1.82) is 0 Å². The maximum atomic E-state index is 6.19. The molecule has 1 aliphatic rings. The molecule has 0 fully saturated rings. The Kier molecular flexibility index (Phi) is 3.84. The van der Waals surface area contributed by atoms with Gasteiger partial charge >= 0.3 is 0 Å². The number of fused-ring (bicyclic) bond motifs is 1. The molecule has 1 aliphatic carbocycles. The molecule has 3 heteroatoms. The fraction of sp³-hybridized carbons (Fsp3) is 0.333. The van der Waals surface area contributed by atoms with Crippen LogP contribution in [0.25, 0.3) is 0 Å². The van der Waals surface area contributed by atoms with E-state index in [0.29, 0.717) is 6.54 Å². The molecule has 0 heterocycles. The van der Waals surface area contributed by atoms with E-state index < -0.39 is 0 Å². The summed E-state index contributed by atoms with van der Waals surface area (Å²) in [6.07, 6.45) is 3.32. The lowest BCUT2D eigenvalue weighted by Crippen LogP contribution is -2.45. The molecule has 2 aromatic carbocycles. The molecule has 0 aromatic heterocycles. The predicted molar refractivity (Wildman–Crippen MR) is 86.7 cm³/mol. The van der Waals surface area contributed by atoms with Crippen LogP contribution in [0.1, 0.15) is 24.0 Å². The van der Waals surface area contributed by atoms with E-state index in [4.69, 9.17) is 10.5 Å². The van der Waals surface area contributed by atoms with E-state index in [0.717, 1.165) is 30.7 Å². The zero-order valence-corrected chi connectivity index (χ0v) is 12.4. The van der Waals surface area contributed by atoms with Gasteiger partial charge in [0.1, 0.15) is 5.75 Å². The standard InChI is InChI=1S/C18H22N2O/c1-21-17-11-5-4-10-16(17)20-18(13-19)12-6-8-14-7-2-3-9-15(14)18/h2-5,7,9-11,20H,6,8,12-13,19H2,1H3. The van der Waals surface area contributed by atoms with Crippen LogP contribution in [0.2, 0.25) is 0 Å². The molecule has 0 bridgehead atoms. The zero-order valence-electron chi connectivity index (χ0n) is 12.4. The molecule has 0 saturated heterocycles. The molecule has 110 valence electrons. The smallest absolute Gasteiger partial charge is 0.141 e. The highest BCUT2D eigenvalue weighted by Crippen LogP contribution is 2.39. The Bertz CT molecular complexity index is 626. The third kappa shape index (κ3) is 2.49. The van der Waals surface area contributed by atoms with E-state index in [1.165, 1.54) is 11.1 Å². The van der Waals surface area contributed by atoms with Crippen molar-refractivity contribution in [3.63, 3.8) is 0 Å². The summed E-state index contributed by atoms with van der Waals surface area (Å²) in [5, 5.41) is 3.67. The molecule has 0 amide bonds. The number of para-hydroxylation sites is 2. The highest BCUT2D eigenvalue weighted by molar-refractivity contribution is 5.59. The van der Waals surface area contributed by atoms with Gasteiger partial charge in [-0.15, -0.1) is 0 Å². The van der Waals surface area contributed by atoms with Gasteiger partial charge in [0.25, 0.3) is 0 Å². The first-order valence-electron chi connectivity index (χ1n) is 7.49. The van der Waals surface area contributed by atoms with E-state index in [1.807, 2.05) is 24.3 Å². The molecule has 3 N–H and O–H groups in total. The quantitative estimate of drug-likeness (QED) is 0.904. The molecule has 0 radical (unpaired) electrons.